The van der Waals surface area contributed by atoms with Gasteiger partial charge in [-0.25, -0.2) is 0 Å². The molecule has 84 valence electrons. The summed E-state index contributed by atoms with van der Waals surface area (Å²) in [4.78, 5) is 15.2. The molecule has 16 heavy (non-hydrogen) atoms. The summed E-state index contributed by atoms with van der Waals surface area (Å²) in [5, 5.41) is 15.0. The summed E-state index contributed by atoms with van der Waals surface area (Å²) in [7, 11) is 0. The van der Waals surface area contributed by atoms with Crippen LogP contribution in [0, 0.1) is 0 Å². The van der Waals surface area contributed by atoms with Gasteiger partial charge in [-0.3, -0.25) is 0 Å². The highest BCUT2D eigenvalue weighted by atomic mass is 35.5. The third kappa shape index (κ3) is 2.13. The minimum atomic E-state index is -1.28. The molecule has 1 aromatic carbocycles. The maximum Gasteiger partial charge on any atom is 0.172 e. The molecule has 1 aliphatic rings. The predicted octanol–water partition coefficient (Wildman–Crippen LogP) is 1.24. The molecule has 2 rings (SSSR count). The minimum absolute atomic E-state index is 0.167. The van der Waals surface area contributed by atoms with Crippen molar-refractivity contribution in [1.29, 1.82) is 0 Å². The first kappa shape index (κ1) is 11.2. The minimum Gasteiger partial charge on any atom is -0.546 e. The van der Waals surface area contributed by atoms with Crippen LogP contribution in [0.1, 0.15) is 12.0 Å². The third-order valence-corrected chi connectivity index (χ3v) is 2.92. The van der Waals surface area contributed by atoms with Crippen LogP contribution in [0.3, 0.4) is 0 Å². The van der Waals surface area contributed by atoms with E-state index >= 15 is 0 Å². The zero-order valence-corrected chi connectivity index (χ0v) is 9.46. The van der Waals surface area contributed by atoms with Gasteiger partial charge < -0.3 is 14.7 Å². The van der Waals surface area contributed by atoms with Crippen molar-refractivity contribution in [2.24, 2.45) is 5.16 Å². The number of benzene rings is 1. The molecule has 6 heteroatoms. The Morgan fingerprint density at radius 3 is 2.75 bits per heavy atom. The zero-order valence-electron chi connectivity index (χ0n) is 7.94. The van der Waals surface area contributed by atoms with Crippen molar-refractivity contribution in [3.63, 3.8) is 0 Å². The highest BCUT2D eigenvalue weighted by molar-refractivity contribution is 6.42. The molecular formula is C10H6Cl2NO3-. The molecule has 0 unspecified atom stereocenters. The molecule has 4 nitrogen and oxygen atoms in total. The van der Waals surface area contributed by atoms with Crippen LogP contribution < -0.4 is 5.11 Å². The summed E-state index contributed by atoms with van der Waals surface area (Å²) in [5.41, 5.74) is 1.21. The molecular weight excluding hydrogens is 253 g/mol. The Morgan fingerprint density at radius 2 is 2.19 bits per heavy atom. The van der Waals surface area contributed by atoms with Gasteiger partial charge in [0.05, 0.1) is 21.7 Å². The highest BCUT2D eigenvalue weighted by Gasteiger charge is 2.23. The molecule has 1 atom stereocenters. The van der Waals surface area contributed by atoms with E-state index in [1.165, 1.54) is 0 Å². The van der Waals surface area contributed by atoms with E-state index in [1.807, 2.05) is 0 Å². The summed E-state index contributed by atoms with van der Waals surface area (Å²) in [6, 6.07) is 4.94. The fraction of sp³-hybridized carbons (Fsp3) is 0.200. The maximum absolute atomic E-state index is 10.5. The van der Waals surface area contributed by atoms with Gasteiger partial charge in [-0.1, -0.05) is 34.4 Å². The van der Waals surface area contributed by atoms with Crippen molar-refractivity contribution >= 4 is 34.9 Å². The number of aliphatic carboxylic acids is 1. The van der Waals surface area contributed by atoms with Gasteiger partial charge in [0.1, 0.15) is 0 Å². The summed E-state index contributed by atoms with van der Waals surface area (Å²) in [5.74, 6) is -1.28. The van der Waals surface area contributed by atoms with Crippen molar-refractivity contribution < 1.29 is 14.7 Å². The summed E-state index contributed by atoms with van der Waals surface area (Å²) in [6.45, 7) is 0. The van der Waals surface area contributed by atoms with E-state index in [1.54, 1.807) is 18.2 Å². The molecule has 0 aliphatic carbocycles. The highest BCUT2D eigenvalue weighted by Crippen LogP contribution is 2.25. The smallest absolute Gasteiger partial charge is 0.172 e. The standard InChI is InChI=1S/C10H7Cl2NO3/c11-6-2-1-5(3-7(6)12)8-4-9(10(14)15)16-13-8/h1-3,9H,4H2,(H,14,15)/p-1/t9-/m1/s1. The third-order valence-electron chi connectivity index (χ3n) is 2.18. The van der Waals surface area contributed by atoms with Crippen LogP contribution in [0.25, 0.3) is 0 Å². The second-order valence-corrected chi connectivity index (χ2v) is 4.10. The second-order valence-electron chi connectivity index (χ2n) is 3.28. The molecule has 0 N–H and O–H groups in total. The molecule has 1 aromatic rings. The van der Waals surface area contributed by atoms with Gasteiger partial charge in [0.2, 0.25) is 0 Å². The normalized spacial score (nSPS) is 19.1. The van der Waals surface area contributed by atoms with E-state index in [0.29, 0.717) is 21.3 Å². The lowest BCUT2D eigenvalue weighted by atomic mass is 10.1. The molecule has 1 aliphatic heterocycles. The first-order chi connectivity index (χ1) is 7.58. The Labute approximate surface area is 101 Å². The zero-order chi connectivity index (χ0) is 11.7. The lowest BCUT2D eigenvalue weighted by Gasteiger charge is -2.07. The number of carbonyl (C=O) groups excluding carboxylic acids is 1. The lowest BCUT2D eigenvalue weighted by molar-refractivity contribution is -0.315. The monoisotopic (exact) mass is 258 g/mol. The molecule has 0 fully saturated rings. The van der Waals surface area contributed by atoms with Gasteiger partial charge in [-0.15, -0.1) is 0 Å². The topological polar surface area (TPSA) is 61.7 Å². The SMILES string of the molecule is O=C([O-])[C@H]1CC(c2ccc(Cl)c(Cl)c2)=NO1. The van der Waals surface area contributed by atoms with Crippen molar-refractivity contribution in [1.82, 2.24) is 0 Å². The van der Waals surface area contributed by atoms with Crippen LogP contribution in [0.15, 0.2) is 23.4 Å². The van der Waals surface area contributed by atoms with Crippen LogP contribution in [0.5, 0.6) is 0 Å². The van der Waals surface area contributed by atoms with E-state index in [2.05, 4.69) is 5.16 Å². The number of nitrogens with zero attached hydrogens (tertiary/aromatic N) is 1. The van der Waals surface area contributed by atoms with Gasteiger partial charge >= 0.3 is 0 Å². The fourth-order valence-electron chi connectivity index (χ4n) is 1.35. The fourth-order valence-corrected chi connectivity index (χ4v) is 1.65. The quantitative estimate of drug-likeness (QED) is 0.802. The van der Waals surface area contributed by atoms with E-state index in [0.717, 1.165) is 0 Å². The van der Waals surface area contributed by atoms with Gasteiger partial charge in [0, 0.05) is 12.0 Å². The maximum atomic E-state index is 10.5. The van der Waals surface area contributed by atoms with Crippen LogP contribution in [0.2, 0.25) is 10.0 Å². The van der Waals surface area contributed by atoms with Gasteiger partial charge in [0.15, 0.2) is 6.10 Å². The molecule has 0 amide bonds. The number of oxime groups is 1. The average molecular weight is 259 g/mol. The second kappa shape index (κ2) is 4.31. The van der Waals surface area contributed by atoms with Crippen LogP contribution in [0.4, 0.5) is 0 Å². The van der Waals surface area contributed by atoms with E-state index in [-0.39, 0.29) is 6.42 Å². The lowest BCUT2D eigenvalue weighted by Crippen LogP contribution is -2.35. The summed E-state index contributed by atoms with van der Waals surface area (Å²) < 4.78 is 0. The Kier molecular flexibility index (Phi) is 3.03. The first-order valence-electron chi connectivity index (χ1n) is 4.47. The first-order valence-corrected chi connectivity index (χ1v) is 5.22. The largest absolute Gasteiger partial charge is 0.546 e. The van der Waals surface area contributed by atoms with Crippen molar-refractivity contribution in [3.8, 4) is 0 Å². The molecule has 0 radical (unpaired) electrons. The van der Waals surface area contributed by atoms with E-state index < -0.39 is 12.1 Å². The van der Waals surface area contributed by atoms with Crippen LogP contribution in [-0.2, 0) is 9.63 Å². The average Bonchev–Trinajstić information content (AvgIpc) is 2.71. The van der Waals surface area contributed by atoms with Gasteiger partial charge in [-0.2, -0.15) is 0 Å². The van der Waals surface area contributed by atoms with Crippen molar-refractivity contribution in [2.75, 3.05) is 0 Å². The number of rotatable bonds is 2. The van der Waals surface area contributed by atoms with Crippen molar-refractivity contribution in [2.45, 2.75) is 12.5 Å². The Balaban J connectivity index is 2.21. The number of hydrogen-bond donors (Lipinski definition) is 0. The molecule has 0 saturated heterocycles. The number of carboxylic acid groups (broad SMARTS) is 1. The van der Waals surface area contributed by atoms with E-state index in [4.69, 9.17) is 28.0 Å². The number of carbonyl (C=O) groups is 1. The van der Waals surface area contributed by atoms with Gasteiger partial charge in [0.25, 0.3) is 0 Å². The number of halogens is 2. The Morgan fingerprint density at radius 1 is 1.44 bits per heavy atom. The predicted molar refractivity (Wildman–Crippen MR) is 57.5 cm³/mol. The van der Waals surface area contributed by atoms with Crippen LogP contribution in [-0.4, -0.2) is 17.8 Å². The van der Waals surface area contributed by atoms with Gasteiger partial charge in [-0.05, 0) is 12.1 Å². The molecule has 1 heterocycles. The van der Waals surface area contributed by atoms with Crippen molar-refractivity contribution in [3.05, 3.63) is 33.8 Å². The summed E-state index contributed by atoms with van der Waals surface area (Å²) in [6.07, 6.45) is -0.857. The Bertz CT molecular complexity index is 473. The molecule has 0 spiro atoms. The molecule has 0 aromatic heterocycles. The number of hydrogen-bond acceptors (Lipinski definition) is 4. The number of carboxylic acids is 1. The molecule has 0 bridgehead atoms. The Hall–Kier alpha value is -1.26. The van der Waals surface area contributed by atoms with E-state index in [9.17, 15) is 9.90 Å². The summed E-state index contributed by atoms with van der Waals surface area (Å²) >= 11 is 11.6. The van der Waals surface area contributed by atoms with Crippen LogP contribution >= 0.6 is 23.2 Å². The molecule has 0 saturated carbocycles.